The molecule has 5 nitrogen and oxygen atoms in total. The predicted molar refractivity (Wildman–Crippen MR) is 53.3 cm³/mol. The Morgan fingerprint density at radius 2 is 2.00 bits per heavy atom. The molecule has 0 rings (SSSR count). The molecule has 0 aliphatic rings. The minimum atomic E-state index is -1.00. The first-order valence-electron chi connectivity index (χ1n) is 5.11. The van der Waals surface area contributed by atoms with Crippen LogP contribution in [0.15, 0.2) is 0 Å². The summed E-state index contributed by atoms with van der Waals surface area (Å²) in [5.74, 6) is -2.05. The van der Waals surface area contributed by atoms with Gasteiger partial charge in [0.05, 0.1) is 18.9 Å². The molecule has 0 bridgehead atoms. The highest BCUT2D eigenvalue weighted by atomic mass is 16.5. The summed E-state index contributed by atoms with van der Waals surface area (Å²) in [6.07, 6.45) is 1.46. The second kappa shape index (κ2) is 8.23. The topological polar surface area (TPSA) is 83.8 Å². The second-order valence-electron chi connectivity index (χ2n) is 3.27. The van der Waals surface area contributed by atoms with Crippen LogP contribution >= 0.6 is 0 Å². The number of hydrogen-bond acceptors (Lipinski definition) is 4. The van der Waals surface area contributed by atoms with Crippen molar-refractivity contribution >= 4 is 11.9 Å². The SMILES string of the molecule is CCOC(=O)C(CCCCO)CC(=O)O. The molecule has 0 radical (unpaired) electrons. The number of ether oxygens (including phenoxy) is 1. The summed E-state index contributed by atoms with van der Waals surface area (Å²) in [7, 11) is 0. The fraction of sp³-hybridized carbons (Fsp3) is 0.800. The first kappa shape index (κ1) is 13.9. The lowest BCUT2D eigenvalue weighted by atomic mass is 9.98. The lowest BCUT2D eigenvalue weighted by molar-refractivity contribution is -0.153. The molecule has 0 heterocycles. The van der Waals surface area contributed by atoms with Crippen LogP contribution in [0, 0.1) is 5.92 Å². The van der Waals surface area contributed by atoms with Crippen LogP contribution in [0.4, 0.5) is 0 Å². The molecule has 5 heteroatoms. The Bertz CT molecular complexity index is 202. The smallest absolute Gasteiger partial charge is 0.309 e. The van der Waals surface area contributed by atoms with Gasteiger partial charge in [0.2, 0.25) is 0 Å². The molecule has 0 saturated carbocycles. The Hall–Kier alpha value is -1.10. The summed E-state index contributed by atoms with van der Waals surface area (Å²) in [6, 6.07) is 0. The van der Waals surface area contributed by atoms with Crippen molar-refractivity contribution in [2.24, 2.45) is 5.92 Å². The van der Waals surface area contributed by atoms with E-state index in [0.717, 1.165) is 0 Å². The van der Waals surface area contributed by atoms with Gasteiger partial charge in [-0.2, -0.15) is 0 Å². The van der Waals surface area contributed by atoms with E-state index in [1.165, 1.54) is 0 Å². The maximum absolute atomic E-state index is 11.3. The van der Waals surface area contributed by atoms with Gasteiger partial charge in [-0.05, 0) is 19.8 Å². The highest BCUT2D eigenvalue weighted by molar-refractivity contribution is 5.78. The van der Waals surface area contributed by atoms with Crippen LogP contribution in [0.1, 0.15) is 32.6 Å². The molecule has 0 aliphatic carbocycles. The number of aliphatic hydroxyl groups is 1. The van der Waals surface area contributed by atoms with Gasteiger partial charge in [-0.3, -0.25) is 9.59 Å². The van der Waals surface area contributed by atoms with Gasteiger partial charge in [0.25, 0.3) is 0 Å². The molecule has 0 aromatic carbocycles. The number of carbonyl (C=O) groups excluding carboxylic acids is 1. The summed E-state index contributed by atoms with van der Waals surface area (Å²) < 4.78 is 4.77. The first-order valence-corrected chi connectivity index (χ1v) is 5.11. The zero-order chi connectivity index (χ0) is 11.7. The third-order valence-electron chi connectivity index (χ3n) is 2.00. The predicted octanol–water partition coefficient (Wildman–Crippen LogP) is 0.803. The number of unbranched alkanes of at least 4 members (excludes halogenated alkanes) is 1. The molecule has 88 valence electrons. The van der Waals surface area contributed by atoms with Gasteiger partial charge in [0.1, 0.15) is 0 Å². The average molecular weight is 218 g/mol. The summed E-state index contributed by atoms with van der Waals surface area (Å²) in [5.41, 5.74) is 0. The van der Waals surface area contributed by atoms with Crippen molar-refractivity contribution in [3.63, 3.8) is 0 Å². The Morgan fingerprint density at radius 1 is 1.33 bits per heavy atom. The van der Waals surface area contributed by atoms with E-state index in [-0.39, 0.29) is 19.6 Å². The zero-order valence-electron chi connectivity index (χ0n) is 8.94. The van der Waals surface area contributed by atoms with Crippen LogP contribution in [0.3, 0.4) is 0 Å². The van der Waals surface area contributed by atoms with Gasteiger partial charge in [0.15, 0.2) is 0 Å². The normalized spacial score (nSPS) is 12.1. The Kier molecular flexibility index (Phi) is 7.62. The maximum Gasteiger partial charge on any atom is 0.309 e. The number of aliphatic carboxylic acids is 1. The van der Waals surface area contributed by atoms with E-state index in [2.05, 4.69) is 0 Å². The summed E-state index contributed by atoms with van der Waals surface area (Å²) in [4.78, 5) is 21.8. The van der Waals surface area contributed by atoms with Crippen LogP contribution in [0.5, 0.6) is 0 Å². The second-order valence-corrected chi connectivity index (χ2v) is 3.27. The molecule has 15 heavy (non-hydrogen) atoms. The number of esters is 1. The lowest BCUT2D eigenvalue weighted by Crippen LogP contribution is -2.21. The molecule has 0 saturated heterocycles. The molecular weight excluding hydrogens is 200 g/mol. The Balaban J connectivity index is 4.05. The van der Waals surface area contributed by atoms with Crippen LogP contribution in [-0.2, 0) is 14.3 Å². The minimum Gasteiger partial charge on any atom is -0.481 e. The molecule has 2 N–H and O–H groups in total. The third kappa shape index (κ3) is 6.90. The summed E-state index contributed by atoms with van der Waals surface area (Å²) >= 11 is 0. The van der Waals surface area contributed by atoms with Crippen molar-refractivity contribution < 1.29 is 24.5 Å². The van der Waals surface area contributed by atoms with Gasteiger partial charge in [-0.15, -0.1) is 0 Å². The van der Waals surface area contributed by atoms with E-state index in [1.807, 2.05) is 0 Å². The first-order chi connectivity index (χ1) is 7.11. The molecule has 0 amide bonds. The van der Waals surface area contributed by atoms with Crippen LogP contribution < -0.4 is 0 Å². The van der Waals surface area contributed by atoms with Crippen molar-refractivity contribution in [2.45, 2.75) is 32.6 Å². The number of carboxylic acid groups (broad SMARTS) is 1. The van der Waals surface area contributed by atoms with Crippen molar-refractivity contribution in [2.75, 3.05) is 13.2 Å². The van der Waals surface area contributed by atoms with Crippen LogP contribution in [-0.4, -0.2) is 35.4 Å². The molecule has 0 spiro atoms. The zero-order valence-corrected chi connectivity index (χ0v) is 8.94. The lowest BCUT2D eigenvalue weighted by Gasteiger charge is -2.12. The third-order valence-corrected chi connectivity index (χ3v) is 2.00. The Morgan fingerprint density at radius 3 is 2.47 bits per heavy atom. The van der Waals surface area contributed by atoms with Gasteiger partial charge in [-0.1, -0.05) is 6.42 Å². The maximum atomic E-state index is 11.3. The van der Waals surface area contributed by atoms with E-state index >= 15 is 0 Å². The van der Waals surface area contributed by atoms with E-state index in [4.69, 9.17) is 14.9 Å². The van der Waals surface area contributed by atoms with Gasteiger partial charge < -0.3 is 14.9 Å². The van der Waals surface area contributed by atoms with Crippen LogP contribution in [0.2, 0.25) is 0 Å². The summed E-state index contributed by atoms with van der Waals surface area (Å²) in [6.45, 7) is 2.00. The molecule has 1 unspecified atom stereocenters. The quantitative estimate of drug-likeness (QED) is 0.465. The van der Waals surface area contributed by atoms with Crippen LogP contribution in [0.25, 0.3) is 0 Å². The van der Waals surface area contributed by atoms with E-state index in [1.54, 1.807) is 6.92 Å². The van der Waals surface area contributed by atoms with E-state index in [0.29, 0.717) is 19.3 Å². The van der Waals surface area contributed by atoms with Crippen molar-refractivity contribution in [1.29, 1.82) is 0 Å². The number of carboxylic acids is 1. The molecule has 1 atom stereocenters. The highest BCUT2D eigenvalue weighted by Gasteiger charge is 2.22. The monoisotopic (exact) mass is 218 g/mol. The molecular formula is C10H18O5. The largest absolute Gasteiger partial charge is 0.481 e. The van der Waals surface area contributed by atoms with E-state index in [9.17, 15) is 9.59 Å². The van der Waals surface area contributed by atoms with Crippen molar-refractivity contribution in [3.05, 3.63) is 0 Å². The van der Waals surface area contributed by atoms with Crippen molar-refractivity contribution in [1.82, 2.24) is 0 Å². The number of aliphatic hydroxyl groups excluding tert-OH is 1. The number of hydrogen-bond donors (Lipinski definition) is 2. The Labute approximate surface area is 89.0 Å². The molecule has 0 aliphatic heterocycles. The minimum absolute atomic E-state index is 0.0582. The van der Waals surface area contributed by atoms with Gasteiger partial charge >= 0.3 is 11.9 Å². The van der Waals surface area contributed by atoms with Crippen molar-refractivity contribution in [3.8, 4) is 0 Å². The number of rotatable bonds is 8. The molecule has 0 aromatic heterocycles. The fourth-order valence-corrected chi connectivity index (χ4v) is 1.28. The average Bonchev–Trinajstić information content (AvgIpc) is 2.16. The highest BCUT2D eigenvalue weighted by Crippen LogP contribution is 2.14. The fourth-order valence-electron chi connectivity index (χ4n) is 1.28. The standard InChI is InChI=1S/C10H18O5/c1-2-15-10(14)8(7-9(12)13)5-3-4-6-11/h8,11H,2-7H2,1H3,(H,12,13). The van der Waals surface area contributed by atoms with E-state index < -0.39 is 17.9 Å². The molecule has 0 aromatic rings. The number of carbonyl (C=O) groups is 2. The van der Waals surface area contributed by atoms with Gasteiger partial charge in [-0.25, -0.2) is 0 Å². The molecule has 0 fully saturated rings. The summed E-state index contributed by atoms with van der Waals surface area (Å²) in [5, 5.41) is 17.2. The van der Waals surface area contributed by atoms with Gasteiger partial charge in [0, 0.05) is 6.61 Å².